The molecule has 0 aliphatic rings. The molecule has 0 aromatic heterocycles. The molecule has 0 heterocycles. The monoisotopic (exact) mass is 293 g/mol. The Morgan fingerprint density at radius 2 is 1.95 bits per heavy atom. The zero-order chi connectivity index (χ0) is 13.7. The maximum atomic E-state index is 12.1. The average molecular weight is 294 g/mol. The Hall–Kier alpha value is -2.27. The predicted octanol–water partition coefficient (Wildman–Crippen LogP) is 2.26. The van der Waals surface area contributed by atoms with Crippen molar-refractivity contribution in [3.63, 3.8) is 0 Å². The molecule has 2 aromatic carbocycles. The lowest BCUT2D eigenvalue weighted by Gasteiger charge is -2.07. The molecule has 0 fully saturated rings. The van der Waals surface area contributed by atoms with Crippen LogP contribution in [0.15, 0.2) is 47.6 Å². The van der Waals surface area contributed by atoms with Crippen LogP contribution in [-0.2, 0) is 4.84 Å². The molecule has 0 aliphatic heterocycles. The summed E-state index contributed by atoms with van der Waals surface area (Å²) in [5, 5.41) is 7.90. The van der Waals surface area contributed by atoms with E-state index in [0.29, 0.717) is 12.2 Å². The van der Waals surface area contributed by atoms with E-state index in [-0.39, 0.29) is 24.3 Å². The van der Waals surface area contributed by atoms with Gasteiger partial charge in [0.1, 0.15) is 6.61 Å². The summed E-state index contributed by atoms with van der Waals surface area (Å²) in [5.41, 5.74) is 6.08. The summed E-state index contributed by atoms with van der Waals surface area (Å²) >= 11 is 0. The zero-order valence-corrected chi connectivity index (χ0v) is 11.8. The molecule has 2 rings (SSSR count). The number of nitrogens with one attached hydrogen (secondary N) is 1. The van der Waals surface area contributed by atoms with Crippen molar-refractivity contribution in [1.29, 1.82) is 0 Å². The Morgan fingerprint density at radius 1 is 1.25 bits per heavy atom. The van der Waals surface area contributed by atoms with Crippen LogP contribution < -0.4 is 11.1 Å². The molecule has 0 spiro atoms. The quantitative estimate of drug-likeness (QED) is 0.518. The zero-order valence-electron chi connectivity index (χ0n) is 11.0. The molecule has 0 unspecified atom stereocenters. The van der Waals surface area contributed by atoms with Gasteiger partial charge in [-0.15, -0.1) is 12.4 Å². The van der Waals surface area contributed by atoms with Gasteiger partial charge in [-0.1, -0.05) is 36.4 Å². The van der Waals surface area contributed by atoms with E-state index in [1.807, 2.05) is 36.4 Å². The lowest BCUT2D eigenvalue weighted by Crippen LogP contribution is -2.37. The number of carbonyl (C=O) groups is 1. The lowest BCUT2D eigenvalue weighted by atomic mass is 10.0. The highest BCUT2D eigenvalue weighted by Crippen LogP contribution is 2.18. The average Bonchev–Trinajstić information content (AvgIpc) is 2.44. The number of fused-ring (bicyclic) bond motifs is 1. The Morgan fingerprint density at radius 3 is 2.70 bits per heavy atom. The van der Waals surface area contributed by atoms with Crippen molar-refractivity contribution in [3.8, 4) is 0 Å². The molecule has 0 saturated carbocycles. The smallest absolute Gasteiger partial charge is 0.258 e. The summed E-state index contributed by atoms with van der Waals surface area (Å²) in [6, 6.07) is 13.2. The number of halogens is 1. The third-order valence-corrected chi connectivity index (χ3v) is 2.57. The number of benzene rings is 2. The molecule has 1 amide bonds. The molecular formula is C14H16ClN3O2. The summed E-state index contributed by atoms with van der Waals surface area (Å²) in [5.74, 6) is -0.363. The molecule has 0 aliphatic carbocycles. The molecule has 5 nitrogen and oxygen atoms in total. The highest BCUT2D eigenvalue weighted by Gasteiger charge is 2.10. The third-order valence-electron chi connectivity index (χ3n) is 2.57. The second-order valence-electron chi connectivity index (χ2n) is 3.88. The van der Waals surface area contributed by atoms with E-state index >= 15 is 0 Å². The Bertz CT molecular complexity index is 623. The first kappa shape index (κ1) is 15.8. The van der Waals surface area contributed by atoms with Crippen molar-refractivity contribution in [1.82, 2.24) is 5.32 Å². The first-order chi connectivity index (χ1) is 9.22. The van der Waals surface area contributed by atoms with Gasteiger partial charge in [0.05, 0.1) is 0 Å². The molecule has 0 bridgehead atoms. The largest absolute Gasteiger partial charge is 0.393 e. The number of hydrogen-bond acceptors (Lipinski definition) is 3. The number of amides is 1. The van der Waals surface area contributed by atoms with Gasteiger partial charge >= 0.3 is 0 Å². The molecule has 106 valence electrons. The van der Waals surface area contributed by atoms with Gasteiger partial charge in [-0.2, -0.15) is 0 Å². The fourth-order valence-corrected chi connectivity index (χ4v) is 1.76. The molecule has 2 aromatic rings. The number of nitrogens with two attached hydrogens (primary N) is 1. The molecule has 0 saturated heterocycles. The number of nitrogens with zero attached hydrogens (tertiary/aromatic N) is 1. The van der Waals surface area contributed by atoms with Crippen LogP contribution in [0, 0.1) is 0 Å². The number of carbonyl (C=O) groups excluding carboxylic acids is 1. The summed E-state index contributed by atoms with van der Waals surface area (Å²) in [4.78, 5) is 16.9. The van der Waals surface area contributed by atoms with Crippen molar-refractivity contribution in [3.05, 3.63) is 48.0 Å². The predicted molar refractivity (Wildman–Crippen MR) is 81.9 cm³/mol. The van der Waals surface area contributed by atoms with Crippen molar-refractivity contribution in [2.45, 2.75) is 6.92 Å². The standard InChI is InChI=1S/C14H15N3O2.ClH/c1-2-19-17-14(15)16-13(18)12-9-5-7-10-6-3-4-8-11(10)12;/h3-9H,2H2,1H3,(H3,15,16,17,18);1H. The van der Waals surface area contributed by atoms with Crippen LogP contribution in [0.3, 0.4) is 0 Å². The Kier molecular flexibility index (Phi) is 5.80. The highest BCUT2D eigenvalue weighted by atomic mass is 35.5. The van der Waals surface area contributed by atoms with Gasteiger partial charge < -0.3 is 10.6 Å². The van der Waals surface area contributed by atoms with Gasteiger partial charge in [-0.25, -0.2) is 0 Å². The molecular weight excluding hydrogens is 278 g/mol. The molecule has 3 N–H and O–H groups in total. The van der Waals surface area contributed by atoms with Crippen LogP contribution in [0.2, 0.25) is 0 Å². The van der Waals surface area contributed by atoms with Crippen molar-refractivity contribution >= 4 is 35.0 Å². The summed E-state index contributed by atoms with van der Waals surface area (Å²) in [7, 11) is 0. The van der Waals surface area contributed by atoms with Gasteiger partial charge in [0.15, 0.2) is 0 Å². The molecule has 6 heteroatoms. The number of guanidine groups is 1. The molecule has 0 atom stereocenters. The molecule has 0 radical (unpaired) electrons. The van der Waals surface area contributed by atoms with Gasteiger partial charge in [0.25, 0.3) is 5.91 Å². The van der Waals surface area contributed by atoms with E-state index in [1.54, 1.807) is 13.0 Å². The minimum atomic E-state index is -0.308. The van der Waals surface area contributed by atoms with Crippen LogP contribution >= 0.6 is 12.4 Å². The van der Waals surface area contributed by atoms with Crippen LogP contribution in [0.1, 0.15) is 17.3 Å². The van der Waals surface area contributed by atoms with E-state index in [4.69, 9.17) is 10.6 Å². The minimum Gasteiger partial charge on any atom is -0.393 e. The van der Waals surface area contributed by atoms with Crippen LogP contribution in [0.25, 0.3) is 10.8 Å². The van der Waals surface area contributed by atoms with Gasteiger partial charge in [0, 0.05) is 5.56 Å². The topological polar surface area (TPSA) is 76.7 Å². The third kappa shape index (κ3) is 3.61. The summed E-state index contributed by atoms with van der Waals surface area (Å²) in [6.07, 6.45) is 0. The second-order valence-corrected chi connectivity index (χ2v) is 3.88. The first-order valence-corrected chi connectivity index (χ1v) is 5.97. The van der Waals surface area contributed by atoms with E-state index < -0.39 is 0 Å². The SMILES string of the molecule is CCON=C(N)NC(=O)c1cccc2ccccc12.Cl. The van der Waals surface area contributed by atoms with Gasteiger partial charge in [-0.05, 0) is 28.9 Å². The van der Waals surface area contributed by atoms with Crippen LogP contribution in [0.4, 0.5) is 0 Å². The van der Waals surface area contributed by atoms with Crippen LogP contribution in [-0.4, -0.2) is 18.5 Å². The Balaban J connectivity index is 0.00000200. The first-order valence-electron chi connectivity index (χ1n) is 5.97. The Labute approximate surface area is 123 Å². The number of oxime groups is 1. The van der Waals surface area contributed by atoms with Crippen molar-refractivity contribution in [2.24, 2.45) is 10.9 Å². The van der Waals surface area contributed by atoms with E-state index in [2.05, 4.69) is 10.5 Å². The number of hydrogen-bond donors (Lipinski definition) is 2. The highest BCUT2D eigenvalue weighted by molar-refractivity contribution is 6.12. The molecule has 20 heavy (non-hydrogen) atoms. The fourth-order valence-electron chi connectivity index (χ4n) is 1.76. The lowest BCUT2D eigenvalue weighted by molar-refractivity contribution is 0.0973. The summed E-state index contributed by atoms with van der Waals surface area (Å²) in [6.45, 7) is 2.17. The maximum absolute atomic E-state index is 12.1. The number of rotatable bonds is 3. The van der Waals surface area contributed by atoms with E-state index in [9.17, 15) is 4.79 Å². The van der Waals surface area contributed by atoms with Crippen molar-refractivity contribution < 1.29 is 9.63 Å². The fraction of sp³-hybridized carbons (Fsp3) is 0.143. The van der Waals surface area contributed by atoms with E-state index in [0.717, 1.165) is 10.8 Å². The van der Waals surface area contributed by atoms with Gasteiger partial charge in [-0.3, -0.25) is 10.1 Å². The second kappa shape index (κ2) is 7.35. The summed E-state index contributed by atoms with van der Waals surface area (Å²) < 4.78 is 0. The maximum Gasteiger partial charge on any atom is 0.258 e. The van der Waals surface area contributed by atoms with Gasteiger partial charge in [0.2, 0.25) is 5.96 Å². The van der Waals surface area contributed by atoms with E-state index in [1.165, 1.54) is 0 Å². The minimum absolute atomic E-state index is 0. The van der Waals surface area contributed by atoms with Crippen LogP contribution in [0.5, 0.6) is 0 Å². The normalized spacial score (nSPS) is 10.8. The van der Waals surface area contributed by atoms with Crippen molar-refractivity contribution in [2.75, 3.05) is 6.61 Å².